The summed E-state index contributed by atoms with van der Waals surface area (Å²) in [6.07, 6.45) is 10.4. The summed E-state index contributed by atoms with van der Waals surface area (Å²) in [6.45, 7) is 2.23. The molecule has 0 saturated carbocycles. The van der Waals surface area contributed by atoms with Crippen molar-refractivity contribution >= 4 is 10.9 Å². The van der Waals surface area contributed by atoms with Gasteiger partial charge in [-0.05, 0) is 18.6 Å². The lowest BCUT2D eigenvalue weighted by atomic mass is 10.1. The number of aromatic nitrogens is 1. The fraction of sp³-hybridized carbons (Fsp3) is 0.526. The Morgan fingerprint density at radius 2 is 1.73 bits per heavy atom. The van der Waals surface area contributed by atoms with Crippen LogP contribution in [0.15, 0.2) is 36.5 Å². The second-order valence-corrected chi connectivity index (χ2v) is 5.81. The van der Waals surface area contributed by atoms with Crippen molar-refractivity contribution in [2.24, 2.45) is 0 Å². The molecule has 1 atom stereocenters. The maximum absolute atomic E-state index is 10.1. The van der Waals surface area contributed by atoms with Crippen molar-refractivity contribution in [3.05, 3.63) is 36.5 Å². The molecule has 2 rings (SSSR count). The van der Waals surface area contributed by atoms with Crippen molar-refractivity contribution in [2.75, 3.05) is 0 Å². The Kier molecular flexibility index (Phi) is 7.17. The second-order valence-electron chi connectivity index (χ2n) is 5.81. The summed E-state index contributed by atoms with van der Waals surface area (Å²) in [5, 5.41) is 11.1. The first-order valence-corrected chi connectivity index (χ1v) is 8.49. The zero-order valence-corrected chi connectivity index (χ0v) is 13.5. The van der Waals surface area contributed by atoms with Crippen molar-refractivity contribution in [1.29, 1.82) is 0 Å². The van der Waals surface area contributed by atoms with Gasteiger partial charge in [-0.1, -0.05) is 63.6 Å². The zero-order chi connectivity index (χ0) is 15.6. The molecule has 1 heterocycles. The van der Waals surface area contributed by atoms with E-state index in [0.29, 0.717) is 12.2 Å². The van der Waals surface area contributed by atoms with Gasteiger partial charge in [-0.15, -0.1) is 0 Å². The number of aliphatic hydroxyl groups is 1. The second kappa shape index (κ2) is 9.42. The third-order valence-electron chi connectivity index (χ3n) is 3.91. The van der Waals surface area contributed by atoms with Crippen LogP contribution in [0.25, 0.3) is 10.9 Å². The van der Waals surface area contributed by atoms with Gasteiger partial charge in [0.1, 0.15) is 11.3 Å². The van der Waals surface area contributed by atoms with E-state index in [2.05, 4.69) is 11.9 Å². The van der Waals surface area contributed by atoms with E-state index < -0.39 is 6.29 Å². The van der Waals surface area contributed by atoms with Crippen LogP contribution in [-0.2, 0) is 0 Å². The molecule has 1 aromatic heterocycles. The van der Waals surface area contributed by atoms with Gasteiger partial charge in [0.05, 0.1) is 0 Å². The highest BCUT2D eigenvalue weighted by Crippen LogP contribution is 2.24. The van der Waals surface area contributed by atoms with Crippen molar-refractivity contribution in [2.45, 2.75) is 64.6 Å². The summed E-state index contributed by atoms with van der Waals surface area (Å²) >= 11 is 0. The van der Waals surface area contributed by atoms with Gasteiger partial charge < -0.3 is 9.84 Å². The quantitative estimate of drug-likeness (QED) is 0.492. The number of nitrogens with zero attached hydrogens (tertiary/aromatic N) is 1. The van der Waals surface area contributed by atoms with Crippen LogP contribution in [0.1, 0.15) is 58.3 Å². The molecular weight excluding hydrogens is 274 g/mol. The van der Waals surface area contributed by atoms with Crippen LogP contribution in [0.5, 0.6) is 5.75 Å². The van der Waals surface area contributed by atoms with Crippen LogP contribution < -0.4 is 4.74 Å². The Bertz CT molecular complexity index is 551. The molecule has 0 radical (unpaired) electrons. The number of aliphatic hydroxyl groups excluding tert-OH is 1. The van der Waals surface area contributed by atoms with Gasteiger partial charge in [0, 0.05) is 18.0 Å². The van der Waals surface area contributed by atoms with Crippen LogP contribution in [0.2, 0.25) is 0 Å². The summed E-state index contributed by atoms with van der Waals surface area (Å²) in [5.74, 6) is 0.661. The third kappa shape index (κ3) is 5.30. The Morgan fingerprint density at radius 3 is 2.55 bits per heavy atom. The highest BCUT2D eigenvalue weighted by atomic mass is 16.6. The molecule has 0 aliphatic rings. The lowest BCUT2D eigenvalue weighted by Crippen LogP contribution is -2.15. The Balaban J connectivity index is 1.73. The Hall–Kier alpha value is -1.61. The average molecular weight is 301 g/mol. The summed E-state index contributed by atoms with van der Waals surface area (Å²) < 4.78 is 5.67. The Labute approximate surface area is 133 Å². The number of unbranched alkanes of at least 4 members (excludes halogenated alkanes) is 6. The van der Waals surface area contributed by atoms with Crippen molar-refractivity contribution < 1.29 is 9.84 Å². The molecule has 0 aliphatic heterocycles. The van der Waals surface area contributed by atoms with E-state index >= 15 is 0 Å². The van der Waals surface area contributed by atoms with Crippen LogP contribution in [-0.4, -0.2) is 16.4 Å². The van der Waals surface area contributed by atoms with E-state index in [9.17, 15) is 5.11 Å². The van der Waals surface area contributed by atoms with Gasteiger partial charge in [-0.25, -0.2) is 0 Å². The lowest BCUT2D eigenvalue weighted by molar-refractivity contribution is -0.0236. The average Bonchev–Trinajstić information content (AvgIpc) is 2.54. The first kappa shape index (κ1) is 16.8. The highest BCUT2D eigenvalue weighted by Gasteiger charge is 2.09. The minimum atomic E-state index is -0.747. The fourth-order valence-electron chi connectivity index (χ4n) is 2.65. The van der Waals surface area contributed by atoms with Gasteiger partial charge in [-0.2, -0.15) is 0 Å². The summed E-state index contributed by atoms with van der Waals surface area (Å²) in [5.41, 5.74) is 0.809. The van der Waals surface area contributed by atoms with E-state index in [1.165, 1.54) is 32.1 Å². The molecule has 0 spiro atoms. The van der Waals surface area contributed by atoms with E-state index in [4.69, 9.17) is 4.74 Å². The summed E-state index contributed by atoms with van der Waals surface area (Å²) in [4.78, 5) is 4.34. The molecule has 3 nitrogen and oxygen atoms in total. The maximum atomic E-state index is 10.1. The number of rotatable bonds is 10. The first-order chi connectivity index (χ1) is 10.8. The molecule has 1 N–H and O–H groups in total. The number of hydrogen-bond donors (Lipinski definition) is 1. The fourth-order valence-corrected chi connectivity index (χ4v) is 2.65. The zero-order valence-electron chi connectivity index (χ0n) is 13.5. The molecule has 0 aliphatic carbocycles. The first-order valence-electron chi connectivity index (χ1n) is 8.49. The standard InChI is InChI=1S/C19H27NO2/c1-2-3-4-5-6-7-8-14-18(21)22-17-13-9-11-16-12-10-15-20-19(16)17/h9-13,15,18,21H,2-8,14H2,1H3. The molecule has 120 valence electrons. The minimum Gasteiger partial charge on any atom is -0.463 e. The number of ether oxygens (including phenoxy) is 1. The SMILES string of the molecule is CCCCCCCCCC(O)Oc1cccc2cccnc12. The van der Waals surface area contributed by atoms with Gasteiger partial charge in [0.25, 0.3) is 0 Å². The molecule has 2 aromatic rings. The molecule has 1 aromatic carbocycles. The normalized spacial score (nSPS) is 12.5. The number of pyridine rings is 1. The van der Waals surface area contributed by atoms with Gasteiger partial charge in [0.15, 0.2) is 6.29 Å². The smallest absolute Gasteiger partial charge is 0.197 e. The van der Waals surface area contributed by atoms with Gasteiger partial charge >= 0.3 is 0 Å². The molecule has 0 amide bonds. The van der Waals surface area contributed by atoms with Crippen LogP contribution in [0.3, 0.4) is 0 Å². The predicted molar refractivity (Wildman–Crippen MR) is 91.0 cm³/mol. The van der Waals surface area contributed by atoms with E-state index in [0.717, 1.165) is 23.7 Å². The van der Waals surface area contributed by atoms with E-state index in [-0.39, 0.29) is 0 Å². The molecule has 0 saturated heterocycles. The molecular formula is C19H27NO2. The monoisotopic (exact) mass is 301 g/mol. The number of para-hydroxylation sites is 1. The summed E-state index contributed by atoms with van der Waals surface area (Å²) in [7, 11) is 0. The molecule has 22 heavy (non-hydrogen) atoms. The lowest BCUT2D eigenvalue weighted by Gasteiger charge is -2.14. The van der Waals surface area contributed by atoms with Gasteiger partial charge in [0.2, 0.25) is 0 Å². The predicted octanol–water partition coefficient (Wildman–Crippen LogP) is 5.07. The van der Waals surface area contributed by atoms with Crippen molar-refractivity contribution in [3.8, 4) is 5.75 Å². The number of fused-ring (bicyclic) bond motifs is 1. The van der Waals surface area contributed by atoms with Gasteiger partial charge in [-0.3, -0.25) is 4.98 Å². The third-order valence-corrected chi connectivity index (χ3v) is 3.91. The molecule has 0 bridgehead atoms. The Morgan fingerprint density at radius 1 is 1.00 bits per heavy atom. The summed E-state index contributed by atoms with van der Waals surface area (Å²) in [6, 6.07) is 9.69. The topological polar surface area (TPSA) is 42.4 Å². The van der Waals surface area contributed by atoms with Crippen LogP contribution in [0, 0.1) is 0 Å². The molecule has 1 unspecified atom stereocenters. The van der Waals surface area contributed by atoms with Crippen molar-refractivity contribution in [3.63, 3.8) is 0 Å². The van der Waals surface area contributed by atoms with Crippen LogP contribution >= 0.6 is 0 Å². The number of benzene rings is 1. The minimum absolute atomic E-state index is 0.661. The van der Waals surface area contributed by atoms with Crippen LogP contribution in [0.4, 0.5) is 0 Å². The van der Waals surface area contributed by atoms with E-state index in [1.54, 1.807) is 6.20 Å². The van der Waals surface area contributed by atoms with E-state index in [1.807, 2.05) is 30.3 Å². The number of hydrogen-bond acceptors (Lipinski definition) is 3. The molecule has 3 heteroatoms. The largest absolute Gasteiger partial charge is 0.463 e. The molecule has 0 fully saturated rings. The highest BCUT2D eigenvalue weighted by molar-refractivity contribution is 5.84. The van der Waals surface area contributed by atoms with Crippen molar-refractivity contribution in [1.82, 2.24) is 4.98 Å². The maximum Gasteiger partial charge on any atom is 0.197 e.